The minimum atomic E-state index is -0.990. The Morgan fingerprint density at radius 2 is 0.862 bits per heavy atom. The molecule has 279 valence electrons. The van der Waals surface area contributed by atoms with E-state index in [1.807, 2.05) is 48.5 Å². The number of nitrogens with zero attached hydrogens (tertiary/aromatic N) is 3. The van der Waals surface area contributed by atoms with Crippen molar-refractivity contribution in [2.24, 2.45) is 0 Å². The van der Waals surface area contributed by atoms with Gasteiger partial charge in [0.05, 0.1) is 11.0 Å². The van der Waals surface area contributed by atoms with Crippen LogP contribution in [0.4, 0.5) is 0 Å². The van der Waals surface area contributed by atoms with Crippen LogP contribution in [-0.4, -0.2) is 26.0 Å². The number of carboxylic acids is 1. The van der Waals surface area contributed by atoms with Gasteiger partial charge >= 0.3 is 5.97 Å². The zero-order valence-corrected chi connectivity index (χ0v) is 33.4. The van der Waals surface area contributed by atoms with Crippen LogP contribution in [0.2, 0.25) is 0 Å². The van der Waals surface area contributed by atoms with Gasteiger partial charge in [0, 0.05) is 37.1 Å². The zero-order chi connectivity index (χ0) is 38.6. The van der Waals surface area contributed by atoms with Gasteiger partial charge < -0.3 is 5.11 Å². The van der Waals surface area contributed by atoms with E-state index >= 15 is 0 Å². The van der Waals surface area contributed by atoms with Gasteiger partial charge in [-0.25, -0.2) is 9.78 Å². The average Bonchev–Trinajstić information content (AvgIpc) is 3.29. The Morgan fingerprint density at radius 3 is 1.28 bits per heavy atom. The summed E-state index contributed by atoms with van der Waals surface area (Å²) < 4.78 is 0. The van der Waals surface area contributed by atoms with Gasteiger partial charge in [-0.2, -0.15) is 0 Å². The van der Waals surface area contributed by atoms with E-state index in [2.05, 4.69) is 138 Å². The molecule has 0 spiro atoms. The summed E-state index contributed by atoms with van der Waals surface area (Å²) in [6.07, 6.45) is 1.45. The normalized spacial score (nSPS) is 10.8. The second-order valence-electron chi connectivity index (χ2n) is 13.4. The maximum absolute atomic E-state index is 10.1. The molecule has 0 unspecified atom stereocenters. The monoisotopic (exact) mass is 924 g/mol. The summed E-state index contributed by atoms with van der Waals surface area (Å²) in [5.41, 5.74) is 6.18. The molecule has 11 rings (SSSR count). The number of para-hydroxylation sites is 2. The molecule has 0 saturated carbocycles. The number of carboxylic acid groups (broad SMARTS) is 1. The number of aromatic nitrogens is 3. The van der Waals surface area contributed by atoms with E-state index in [9.17, 15) is 4.79 Å². The van der Waals surface area contributed by atoms with Crippen LogP contribution in [0.1, 0.15) is 10.5 Å². The van der Waals surface area contributed by atoms with Crippen LogP contribution in [0.5, 0.6) is 0 Å². The third-order valence-electron chi connectivity index (χ3n) is 9.99. The van der Waals surface area contributed by atoms with Crippen molar-refractivity contribution >= 4 is 70.9 Å². The summed E-state index contributed by atoms with van der Waals surface area (Å²) >= 11 is 0. The van der Waals surface area contributed by atoms with E-state index in [1.165, 1.54) is 66.1 Å². The van der Waals surface area contributed by atoms with Gasteiger partial charge in [-0.05, 0) is 78.7 Å². The van der Waals surface area contributed by atoms with Crippen molar-refractivity contribution in [1.82, 2.24) is 15.0 Å². The maximum atomic E-state index is 10.1. The first-order chi connectivity index (χ1) is 28.1. The van der Waals surface area contributed by atoms with Gasteiger partial charge in [-0.15, -0.1) is 71.8 Å². The number of hydrogen-bond acceptors (Lipinski definition) is 4. The van der Waals surface area contributed by atoms with Crippen molar-refractivity contribution in [1.29, 1.82) is 0 Å². The minimum absolute atomic E-state index is 0. The molecule has 1 radical (unpaired) electrons. The molecule has 6 heteroatoms. The molecule has 11 aromatic rings. The van der Waals surface area contributed by atoms with Crippen molar-refractivity contribution in [3.63, 3.8) is 0 Å². The first-order valence-electron chi connectivity index (χ1n) is 18.6. The predicted molar refractivity (Wildman–Crippen MR) is 233 cm³/mol. The van der Waals surface area contributed by atoms with Crippen LogP contribution in [0.15, 0.2) is 194 Å². The van der Waals surface area contributed by atoms with Crippen molar-refractivity contribution in [3.8, 4) is 22.5 Å². The van der Waals surface area contributed by atoms with E-state index in [-0.39, 0.29) is 25.8 Å². The molecule has 0 amide bonds. The van der Waals surface area contributed by atoms with Gasteiger partial charge in [0.1, 0.15) is 5.69 Å². The Balaban J connectivity index is 0.000000132. The van der Waals surface area contributed by atoms with Crippen molar-refractivity contribution in [2.45, 2.75) is 0 Å². The Morgan fingerprint density at radius 1 is 0.431 bits per heavy atom. The topological polar surface area (TPSA) is 76.0 Å². The molecule has 0 saturated heterocycles. The smallest absolute Gasteiger partial charge is 0.354 e. The van der Waals surface area contributed by atoms with Crippen LogP contribution in [0.25, 0.3) is 87.4 Å². The molecule has 0 aliphatic rings. The van der Waals surface area contributed by atoms with E-state index in [0.29, 0.717) is 0 Å². The number of benzene rings is 8. The summed E-state index contributed by atoms with van der Waals surface area (Å²) in [4.78, 5) is 23.6. The van der Waals surface area contributed by atoms with E-state index in [0.717, 1.165) is 33.5 Å². The molecular formula is C52H33IrN3O2-2. The number of pyridine rings is 3. The first-order valence-corrected chi connectivity index (χ1v) is 18.6. The van der Waals surface area contributed by atoms with Crippen LogP contribution < -0.4 is 0 Å². The molecule has 0 bridgehead atoms. The molecule has 0 aliphatic carbocycles. The van der Waals surface area contributed by atoms with Crippen LogP contribution in [0, 0.1) is 12.1 Å². The van der Waals surface area contributed by atoms with Crippen molar-refractivity contribution < 1.29 is 30.0 Å². The SMILES string of the molecule is O=C(O)c1ccccn1.[Ir].[c-]1ccccc1-c1nc2ccccc2c2c1ccc1ccccc12.[c-]1ccccc1-c1nc2ccccc2c2c1ccc1ccccc12. The van der Waals surface area contributed by atoms with Gasteiger partial charge in [0.15, 0.2) is 0 Å². The fourth-order valence-electron chi connectivity index (χ4n) is 7.43. The number of fused-ring (bicyclic) bond motifs is 10. The second-order valence-corrected chi connectivity index (χ2v) is 13.4. The van der Waals surface area contributed by atoms with Gasteiger partial charge in [0.2, 0.25) is 0 Å². The van der Waals surface area contributed by atoms with Crippen molar-refractivity contribution in [2.75, 3.05) is 0 Å². The number of carbonyl (C=O) groups is 1. The Kier molecular flexibility index (Phi) is 11.0. The van der Waals surface area contributed by atoms with Crippen LogP contribution in [-0.2, 0) is 20.1 Å². The Bertz CT molecular complexity index is 2990. The minimum Gasteiger partial charge on any atom is -0.477 e. The molecule has 0 atom stereocenters. The van der Waals surface area contributed by atoms with Gasteiger partial charge in [-0.1, -0.05) is 115 Å². The van der Waals surface area contributed by atoms with Crippen LogP contribution in [0.3, 0.4) is 0 Å². The second kappa shape index (κ2) is 16.9. The first kappa shape index (κ1) is 37.8. The molecule has 3 heterocycles. The van der Waals surface area contributed by atoms with E-state index in [1.54, 1.807) is 12.1 Å². The van der Waals surface area contributed by atoms with Crippen LogP contribution >= 0.6 is 0 Å². The molecule has 0 aliphatic heterocycles. The van der Waals surface area contributed by atoms with Gasteiger partial charge in [0.25, 0.3) is 0 Å². The fourth-order valence-corrected chi connectivity index (χ4v) is 7.43. The fraction of sp³-hybridized carbons (Fsp3) is 0. The average molecular weight is 924 g/mol. The molecule has 3 aromatic heterocycles. The Hall–Kier alpha value is -7.11. The number of rotatable bonds is 3. The molecule has 0 fully saturated rings. The summed E-state index contributed by atoms with van der Waals surface area (Å²) in [7, 11) is 0. The standard InChI is InChI=1S/2C23H14N.C6H5NO2.Ir/c2*1-2-9-17(10-3-1)23-20-15-14-16-8-4-5-11-18(16)22(20)19-12-6-7-13-21(19)24-23;8-6(9)5-3-1-2-4-7-5;/h2*1-9,11-15H;1-4H,(H,8,9);/q2*-1;;. The summed E-state index contributed by atoms with van der Waals surface area (Å²) in [5.74, 6) is -0.990. The van der Waals surface area contributed by atoms with Gasteiger partial charge in [-0.3, -0.25) is 9.97 Å². The molecule has 58 heavy (non-hydrogen) atoms. The third kappa shape index (κ3) is 7.42. The Labute approximate surface area is 348 Å². The molecule has 5 nitrogen and oxygen atoms in total. The quantitative estimate of drug-likeness (QED) is 0.141. The number of hydrogen-bond donors (Lipinski definition) is 1. The third-order valence-corrected chi connectivity index (χ3v) is 9.99. The molecule has 8 aromatic carbocycles. The summed E-state index contributed by atoms with van der Waals surface area (Å²) in [6, 6.07) is 70.1. The molecular weight excluding hydrogens is 891 g/mol. The largest absolute Gasteiger partial charge is 0.477 e. The van der Waals surface area contributed by atoms with E-state index in [4.69, 9.17) is 15.1 Å². The number of aromatic carboxylic acids is 1. The molecule has 1 N–H and O–H groups in total. The maximum Gasteiger partial charge on any atom is 0.354 e. The predicted octanol–water partition coefficient (Wildman–Crippen LogP) is 12.8. The zero-order valence-electron chi connectivity index (χ0n) is 31.0. The van der Waals surface area contributed by atoms with E-state index < -0.39 is 5.97 Å². The summed E-state index contributed by atoms with van der Waals surface area (Å²) in [5, 5.41) is 20.7. The van der Waals surface area contributed by atoms with Crippen molar-refractivity contribution in [3.05, 3.63) is 212 Å². The summed E-state index contributed by atoms with van der Waals surface area (Å²) in [6.45, 7) is 0.